The molecule has 1 rings (SSSR count). The van der Waals surface area contributed by atoms with Gasteiger partial charge in [0, 0.05) is 6.54 Å². The van der Waals surface area contributed by atoms with E-state index in [4.69, 9.17) is 14.7 Å². The minimum Gasteiger partial charge on any atom is -0.497 e. The molecule has 0 saturated heterocycles. The van der Waals surface area contributed by atoms with Crippen molar-refractivity contribution in [2.75, 3.05) is 20.3 Å². The minimum absolute atomic E-state index is 0.220. The Morgan fingerprint density at radius 2 is 2.00 bits per heavy atom. The lowest BCUT2D eigenvalue weighted by Gasteiger charge is -2.05. The van der Waals surface area contributed by atoms with Crippen LogP contribution in [0.25, 0.3) is 0 Å². The second-order valence-electron chi connectivity index (χ2n) is 3.56. The topological polar surface area (TPSA) is 88.4 Å². The van der Waals surface area contributed by atoms with Crippen LogP contribution in [0.4, 0.5) is 0 Å². The van der Waals surface area contributed by atoms with Gasteiger partial charge in [-0.1, -0.05) is 0 Å². The summed E-state index contributed by atoms with van der Waals surface area (Å²) in [7, 11) is 1.53. The molecule has 0 saturated carbocycles. The van der Waals surface area contributed by atoms with Gasteiger partial charge in [-0.25, -0.2) is 4.79 Å². The van der Waals surface area contributed by atoms with Crippen LogP contribution < -0.4 is 10.1 Å². The minimum atomic E-state index is -0.585. The third kappa shape index (κ3) is 5.08. The smallest absolute Gasteiger partial charge is 0.338 e. The van der Waals surface area contributed by atoms with E-state index in [0.29, 0.717) is 11.3 Å². The van der Waals surface area contributed by atoms with Gasteiger partial charge in [-0.2, -0.15) is 5.26 Å². The number of nitrogens with one attached hydrogen (secondary N) is 1. The zero-order chi connectivity index (χ0) is 14.1. The van der Waals surface area contributed by atoms with Crippen molar-refractivity contribution in [3.05, 3.63) is 29.8 Å². The standard InChI is InChI=1S/C13H14N2O4/c1-18-11-5-3-10(4-6-11)13(17)19-9-12(16)15-8-2-7-14/h3-6H,2,8-9H2,1H3,(H,15,16). The molecular formula is C13H14N2O4. The first kappa shape index (κ1) is 14.5. The van der Waals surface area contributed by atoms with Crippen molar-refractivity contribution in [1.82, 2.24) is 5.32 Å². The van der Waals surface area contributed by atoms with Crippen LogP contribution in [0.5, 0.6) is 5.75 Å². The first-order chi connectivity index (χ1) is 9.17. The van der Waals surface area contributed by atoms with Gasteiger partial charge in [-0.3, -0.25) is 4.79 Å². The number of methoxy groups -OCH3 is 1. The van der Waals surface area contributed by atoms with Gasteiger partial charge in [-0.05, 0) is 24.3 Å². The Bertz CT molecular complexity index is 476. The first-order valence-electron chi connectivity index (χ1n) is 5.62. The van der Waals surface area contributed by atoms with Crippen molar-refractivity contribution < 1.29 is 19.1 Å². The number of carbonyl (C=O) groups excluding carboxylic acids is 2. The Balaban J connectivity index is 2.38. The third-order valence-corrected chi connectivity index (χ3v) is 2.22. The molecule has 100 valence electrons. The SMILES string of the molecule is COc1ccc(C(=O)OCC(=O)NCCC#N)cc1. The second-order valence-corrected chi connectivity index (χ2v) is 3.56. The largest absolute Gasteiger partial charge is 0.497 e. The molecule has 1 N–H and O–H groups in total. The number of hydrogen-bond acceptors (Lipinski definition) is 5. The molecular weight excluding hydrogens is 248 g/mol. The maximum Gasteiger partial charge on any atom is 0.338 e. The first-order valence-corrected chi connectivity index (χ1v) is 5.62. The molecule has 1 aromatic carbocycles. The van der Waals surface area contributed by atoms with Crippen LogP contribution in [0, 0.1) is 11.3 Å². The molecule has 6 heteroatoms. The van der Waals surface area contributed by atoms with Gasteiger partial charge in [0.1, 0.15) is 5.75 Å². The highest BCUT2D eigenvalue weighted by atomic mass is 16.5. The van der Waals surface area contributed by atoms with E-state index in [2.05, 4.69) is 5.32 Å². The van der Waals surface area contributed by atoms with Gasteiger partial charge in [-0.15, -0.1) is 0 Å². The number of ether oxygens (including phenoxy) is 2. The molecule has 0 radical (unpaired) electrons. The number of nitrogens with zero attached hydrogens (tertiary/aromatic N) is 1. The Morgan fingerprint density at radius 1 is 1.32 bits per heavy atom. The van der Waals surface area contributed by atoms with Crippen LogP contribution in [-0.2, 0) is 9.53 Å². The zero-order valence-corrected chi connectivity index (χ0v) is 10.5. The van der Waals surface area contributed by atoms with Crippen molar-refractivity contribution in [2.24, 2.45) is 0 Å². The van der Waals surface area contributed by atoms with Crippen molar-refractivity contribution in [3.8, 4) is 11.8 Å². The zero-order valence-electron chi connectivity index (χ0n) is 10.5. The summed E-state index contributed by atoms with van der Waals surface area (Å²) in [4.78, 5) is 22.8. The van der Waals surface area contributed by atoms with Crippen molar-refractivity contribution in [2.45, 2.75) is 6.42 Å². The van der Waals surface area contributed by atoms with Gasteiger partial charge in [0.05, 0.1) is 25.2 Å². The van der Waals surface area contributed by atoms with Crippen molar-refractivity contribution >= 4 is 11.9 Å². The molecule has 0 unspecified atom stereocenters. The van der Waals surface area contributed by atoms with Crippen LogP contribution in [-0.4, -0.2) is 32.1 Å². The Kier molecular flexibility index (Phi) is 5.89. The number of carbonyl (C=O) groups is 2. The fourth-order valence-corrected chi connectivity index (χ4v) is 1.25. The summed E-state index contributed by atoms with van der Waals surface area (Å²) < 4.78 is 9.78. The summed E-state index contributed by atoms with van der Waals surface area (Å²) in [5.74, 6) is -0.388. The molecule has 0 aromatic heterocycles. The van der Waals surface area contributed by atoms with Crippen LogP contribution in [0.3, 0.4) is 0 Å². The molecule has 1 amide bonds. The molecule has 0 atom stereocenters. The summed E-state index contributed by atoms with van der Waals surface area (Å²) in [5.41, 5.74) is 0.339. The maximum absolute atomic E-state index is 11.6. The van der Waals surface area contributed by atoms with E-state index in [1.165, 1.54) is 7.11 Å². The second kappa shape index (κ2) is 7.71. The van der Waals surface area contributed by atoms with E-state index < -0.39 is 11.9 Å². The number of benzene rings is 1. The van der Waals surface area contributed by atoms with Gasteiger partial charge < -0.3 is 14.8 Å². The normalized spacial score (nSPS) is 9.26. The van der Waals surface area contributed by atoms with E-state index in [9.17, 15) is 9.59 Å². The summed E-state index contributed by atoms with van der Waals surface area (Å²) in [6, 6.07) is 8.25. The number of hydrogen-bond donors (Lipinski definition) is 1. The van der Waals surface area contributed by atoms with Crippen LogP contribution >= 0.6 is 0 Å². The van der Waals surface area contributed by atoms with E-state index >= 15 is 0 Å². The summed E-state index contributed by atoms with van der Waals surface area (Å²) >= 11 is 0. The van der Waals surface area contributed by atoms with Crippen molar-refractivity contribution in [3.63, 3.8) is 0 Å². The number of esters is 1. The molecule has 0 fully saturated rings. The van der Waals surface area contributed by atoms with Gasteiger partial charge in [0.25, 0.3) is 5.91 Å². The highest BCUT2D eigenvalue weighted by Crippen LogP contribution is 2.11. The fraction of sp³-hybridized carbons (Fsp3) is 0.308. The number of amides is 1. The van der Waals surface area contributed by atoms with Crippen molar-refractivity contribution in [1.29, 1.82) is 5.26 Å². The molecule has 0 heterocycles. The number of rotatable bonds is 6. The molecule has 0 bridgehead atoms. The van der Waals surface area contributed by atoms with E-state index in [0.717, 1.165) is 0 Å². The molecule has 1 aromatic rings. The monoisotopic (exact) mass is 262 g/mol. The molecule has 0 aliphatic rings. The van der Waals surface area contributed by atoms with Gasteiger partial charge >= 0.3 is 5.97 Å². The van der Waals surface area contributed by atoms with E-state index in [-0.39, 0.29) is 19.6 Å². The third-order valence-electron chi connectivity index (χ3n) is 2.22. The van der Waals surface area contributed by atoms with Crippen LogP contribution in [0.2, 0.25) is 0 Å². The molecule has 19 heavy (non-hydrogen) atoms. The van der Waals surface area contributed by atoms with Gasteiger partial charge in [0.2, 0.25) is 0 Å². The molecule has 0 spiro atoms. The summed E-state index contributed by atoms with van der Waals surface area (Å²) in [5, 5.41) is 10.7. The molecule has 0 aliphatic carbocycles. The van der Waals surface area contributed by atoms with Gasteiger partial charge in [0.15, 0.2) is 6.61 Å². The lowest BCUT2D eigenvalue weighted by molar-refractivity contribution is -0.124. The Morgan fingerprint density at radius 3 is 2.58 bits per heavy atom. The molecule has 6 nitrogen and oxygen atoms in total. The predicted octanol–water partition coefficient (Wildman–Crippen LogP) is 0.882. The number of nitriles is 1. The maximum atomic E-state index is 11.6. The summed E-state index contributed by atoms with van der Waals surface area (Å²) in [6.45, 7) is -0.119. The quantitative estimate of drug-likeness (QED) is 0.607. The Labute approximate surface area is 110 Å². The average Bonchev–Trinajstić information content (AvgIpc) is 2.45. The van der Waals surface area contributed by atoms with E-state index in [1.54, 1.807) is 24.3 Å². The fourth-order valence-electron chi connectivity index (χ4n) is 1.25. The predicted molar refractivity (Wildman–Crippen MR) is 66.5 cm³/mol. The van der Waals surface area contributed by atoms with Crippen LogP contribution in [0.15, 0.2) is 24.3 Å². The van der Waals surface area contributed by atoms with Crippen LogP contribution in [0.1, 0.15) is 16.8 Å². The highest BCUT2D eigenvalue weighted by molar-refractivity contribution is 5.91. The molecule has 0 aliphatic heterocycles. The lowest BCUT2D eigenvalue weighted by atomic mass is 10.2. The average molecular weight is 262 g/mol. The Hall–Kier alpha value is -2.55. The van der Waals surface area contributed by atoms with E-state index in [1.807, 2.05) is 6.07 Å². The highest BCUT2D eigenvalue weighted by Gasteiger charge is 2.09. The lowest BCUT2D eigenvalue weighted by Crippen LogP contribution is -2.29. The summed E-state index contributed by atoms with van der Waals surface area (Å²) in [6.07, 6.45) is 0.220.